The van der Waals surface area contributed by atoms with Crippen molar-refractivity contribution in [1.29, 1.82) is 0 Å². The summed E-state index contributed by atoms with van der Waals surface area (Å²) in [6.07, 6.45) is -4.35. The summed E-state index contributed by atoms with van der Waals surface area (Å²) in [5.74, 6) is -0.307. The van der Waals surface area contributed by atoms with Gasteiger partial charge in [-0.1, -0.05) is 12.1 Å². The molecule has 0 aliphatic rings. The lowest BCUT2D eigenvalue weighted by Crippen LogP contribution is -2.23. The van der Waals surface area contributed by atoms with Crippen LogP contribution < -0.4 is 5.32 Å². The molecule has 1 aromatic carbocycles. The molecule has 1 aromatic heterocycles. The van der Waals surface area contributed by atoms with Gasteiger partial charge >= 0.3 is 6.18 Å². The summed E-state index contributed by atoms with van der Waals surface area (Å²) < 4.78 is 37.3. The number of halogens is 3. The number of benzene rings is 1. The number of hydrogen-bond donors (Lipinski definition) is 2. The van der Waals surface area contributed by atoms with Crippen LogP contribution >= 0.6 is 0 Å². The molecule has 1 amide bonds. The van der Waals surface area contributed by atoms with E-state index in [2.05, 4.69) is 15.5 Å². The Morgan fingerprint density at radius 1 is 1.24 bits per heavy atom. The van der Waals surface area contributed by atoms with Crippen molar-refractivity contribution in [3.05, 3.63) is 52.3 Å². The van der Waals surface area contributed by atoms with Crippen LogP contribution in [0.15, 0.2) is 24.3 Å². The van der Waals surface area contributed by atoms with Crippen LogP contribution in [0.2, 0.25) is 0 Å². The number of H-pyrrole nitrogens is 1. The Bertz CT molecular complexity index is 625. The third kappa shape index (κ3) is 3.42. The Hall–Kier alpha value is -2.31. The van der Waals surface area contributed by atoms with E-state index in [0.717, 1.165) is 12.1 Å². The minimum atomic E-state index is -4.35. The van der Waals surface area contributed by atoms with Crippen LogP contribution in [0.4, 0.5) is 13.2 Å². The highest BCUT2D eigenvalue weighted by Crippen LogP contribution is 2.29. The van der Waals surface area contributed by atoms with Gasteiger partial charge in [-0.25, -0.2) is 0 Å². The average Bonchev–Trinajstić information content (AvgIpc) is 2.75. The number of aryl methyl sites for hydroxylation is 2. The van der Waals surface area contributed by atoms with Gasteiger partial charge in [0, 0.05) is 12.2 Å². The van der Waals surface area contributed by atoms with Gasteiger partial charge < -0.3 is 5.32 Å². The van der Waals surface area contributed by atoms with Gasteiger partial charge in [-0.15, -0.1) is 0 Å². The molecule has 0 aliphatic heterocycles. The van der Waals surface area contributed by atoms with Crippen LogP contribution in [0.5, 0.6) is 0 Å². The largest absolute Gasteiger partial charge is 0.416 e. The van der Waals surface area contributed by atoms with Gasteiger partial charge in [0.25, 0.3) is 5.91 Å². The molecule has 0 atom stereocenters. The van der Waals surface area contributed by atoms with Crippen LogP contribution in [0.1, 0.15) is 32.9 Å². The maximum absolute atomic E-state index is 12.4. The third-order valence-corrected chi connectivity index (χ3v) is 3.09. The molecule has 1 heterocycles. The molecule has 112 valence electrons. The molecule has 0 fully saturated rings. The molecule has 7 heteroatoms. The molecule has 2 aromatic rings. The number of hydrogen-bond acceptors (Lipinski definition) is 2. The molecule has 21 heavy (non-hydrogen) atoms. The summed E-state index contributed by atoms with van der Waals surface area (Å²) >= 11 is 0. The van der Waals surface area contributed by atoms with Crippen molar-refractivity contribution < 1.29 is 18.0 Å². The second-order valence-corrected chi connectivity index (χ2v) is 4.69. The molecule has 0 unspecified atom stereocenters. The van der Waals surface area contributed by atoms with Crippen molar-refractivity contribution in [1.82, 2.24) is 15.5 Å². The topological polar surface area (TPSA) is 57.8 Å². The monoisotopic (exact) mass is 297 g/mol. The standard InChI is InChI=1S/C14H14F3N3O/c1-8-12(9(2)20-19-8)13(21)18-7-10-3-5-11(6-4-10)14(15,16)17/h3-6H,7H2,1-2H3,(H,18,21)(H,19,20). The molecule has 0 bridgehead atoms. The summed E-state index contributed by atoms with van der Waals surface area (Å²) in [6.45, 7) is 3.59. The molecule has 0 aliphatic carbocycles. The zero-order chi connectivity index (χ0) is 15.6. The molecular weight excluding hydrogens is 283 g/mol. The van der Waals surface area contributed by atoms with Gasteiger partial charge in [-0.2, -0.15) is 18.3 Å². The maximum Gasteiger partial charge on any atom is 0.416 e. The Morgan fingerprint density at radius 2 is 1.86 bits per heavy atom. The number of carbonyl (C=O) groups is 1. The maximum atomic E-state index is 12.4. The lowest BCUT2D eigenvalue weighted by atomic mass is 10.1. The molecular formula is C14H14F3N3O. The van der Waals surface area contributed by atoms with Crippen molar-refractivity contribution in [2.75, 3.05) is 0 Å². The lowest BCUT2D eigenvalue weighted by molar-refractivity contribution is -0.137. The number of alkyl halides is 3. The zero-order valence-electron chi connectivity index (χ0n) is 11.5. The smallest absolute Gasteiger partial charge is 0.348 e. The van der Waals surface area contributed by atoms with E-state index in [1.165, 1.54) is 12.1 Å². The molecule has 0 spiro atoms. The van der Waals surface area contributed by atoms with Gasteiger partial charge in [0.15, 0.2) is 0 Å². The summed E-state index contributed by atoms with van der Waals surface area (Å²) in [5, 5.41) is 9.29. The predicted molar refractivity (Wildman–Crippen MR) is 70.7 cm³/mol. The molecule has 0 radical (unpaired) electrons. The fraction of sp³-hybridized carbons (Fsp3) is 0.286. The van der Waals surface area contributed by atoms with E-state index in [1.54, 1.807) is 13.8 Å². The van der Waals surface area contributed by atoms with Crippen molar-refractivity contribution >= 4 is 5.91 Å². The van der Waals surface area contributed by atoms with Crippen molar-refractivity contribution in [3.8, 4) is 0 Å². The molecule has 2 N–H and O–H groups in total. The van der Waals surface area contributed by atoms with Gasteiger partial charge in [0.2, 0.25) is 0 Å². The first-order chi connectivity index (χ1) is 9.79. The number of aromatic nitrogens is 2. The summed E-state index contributed by atoms with van der Waals surface area (Å²) in [4.78, 5) is 12.0. The Balaban J connectivity index is 2.02. The summed E-state index contributed by atoms with van der Waals surface area (Å²) in [6, 6.07) is 4.68. The highest BCUT2D eigenvalue weighted by molar-refractivity contribution is 5.96. The highest BCUT2D eigenvalue weighted by Gasteiger charge is 2.29. The first-order valence-electron chi connectivity index (χ1n) is 6.25. The first-order valence-corrected chi connectivity index (χ1v) is 6.25. The fourth-order valence-corrected chi connectivity index (χ4v) is 1.97. The lowest BCUT2D eigenvalue weighted by Gasteiger charge is -2.08. The number of carbonyl (C=O) groups excluding carboxylic acids is 1. The number of nitrogens with zero attached hydrogens (tertiary/aromatic N) is 1. The van der Waals surface area contributed by atoms with Crippen LogP contribution in [0.25, 0.3) is 0 Å². The van der Waals surface area contributed by atoms with E-state index >= 15 is 0 Å². The molecule has 4 nitrogen and oxygen atoms in total. The minimum Gasteiger partial charge on any atom is -0.348 e. The minimum absolute atomic E-state index is 0.154. The van der Waals surface area contributed by atoms with Gasteiger partial charge in [-0.05, 0) is 31.5 Å². The predicted octanol–water partition coefficient (Wildman–Crippen LogP) is 2.98. The number of rotatable bonds is 3. The van der Waals surface area contributed by atoms with Crippen LogP contribution in [0.3, 0.4) is 0 Å². The van der Waals surface area contributed by atoms with Gasteiger partial charge in [0.1, 0.15) is 0 Å². The van der Waals surface area contributed by atoms with E-state index in [9.17, 15) is 18.0 Å². The number of aromatic amines is 1. The van der Waals surface area contributed by atoms with E-state index in [1.807, 2.05) is 0 Å². The first kappa shape index (κ1) is 15.1. The quantitative estimate of drug-likeness (QED) is 0.915. The number of amides is 1. The van der Waals surface area contributed by atoms with E-state index in [-0.39, 0.29) is 12.5 Å². The van der Waals surface area contributed by atoms with Crippen molar-refractivity contribution in [2.24, 2.45) is 0 Å². The van der Waals surface area contributed by atoms with E-state index in [4.69, 9.17) is 0 Å². The van der Waals surface area contributed by atoms with E-state index < -0.39 is 11.7 Å². The third-order valence-electron chi connectivity index (χ3n) is 3.09. The van der Waals surface area contributed by atoms with Gasteiger partial charge in [0.05, 0.1) is 16.8 Å². The Kier molecular flexibility index (Phi) is 4.02. The van der Waals surface area contributed by atoms with E-state index in [0.29, 0.717) is 22.5 Å². The van der Waals surface area contributed by atoms with Crippen molar-refractivity contribution in [3.63, 3.8) is 0 Å². The summed E-state index contributed by atoms with van der Waals surface area (Å²) in [5.41, 5.74) is 1.58. The molecule has 0 saturated carbocycles. The SMILES string of the molecule is Cc1n[nH]c(C)c1C(=O)NCc1ccc(C(F)(F)F)cc1. The Morgan fingerprint density at radius 3 is 2.33 bits per heavy atom. The van der Waals surface area contributed by atoms with Crippen molar-refractivity contribution in [2.45, 2.75) is 26.6 Å². The van der Waals surface area contributed by atoms with Crippen LogP contribution in [-0.4, -0.2) is 16.1 Å². The van der Waals surface area contributed by atoms with Crippen LogP contribution in [-0.2, 0) is 12.7 Å². The van der Waals surface area contributed by atoms with Gasteiger partial charge in [-0.3, -0.25) is 9.89 Å². The van der Waals surface area contributed by atoms with Crippen LogP contribution in [0, 0.1) is 13.8 Å². The Labute approximate surface area is 119 Å². The highest BCUT2D eigenvalue weighted by atomic mass is 19.4. The molecule has 0 saturated heterocycles. The normalized spacial score (nSPS) is 11.5. The average molecular weight is 297 g/mol. The zero-order valence-corrected chi connectivity index (χ0v) is 11.5. The second-order valence-electron chi connectivity index (χ2n) is 4.69. The summed E-state index contributed by atoms with van der Waals surface area (Å²) in [7, 11) is 0. The molecule has 2 rings (SSSR count). The second kappa shape index (κ2) is 5.59. The fourth-order valence-electron chi connectivity index (χ4n) is 1.97. The number of nitrogens with one attached hydrogen (secondary N) is 2.